The van der Waals surface area contributed by atoms with E-state index in [-0.39, 0.29) is 0 Å². The number of aromatic nitrogens is 3. The predicted octanol–water partition coefficient (Wildman–Crippen LogP) is 0.0496. The minimum Gasteiger partial charge on any atom is -0.262 e. The van der Waals surface area contributed by atoms with Crippen LogP contribution in [0.3, 0.4) is 0 Å². The fourth-order valence-corrected chi connectivity index (χ4v) is 1.52. The molecule has 0 aliphatic heterocycles. The molecular weight excluding hydrogens is 218 g/mol. The summed E-state index contributed by atoms with van der Waals surface area (Å²) in [6, 6.07) is 8.29. The highest BCUT2D eigenvalue weighted by molar-refractivity contribution is 5.73. The molecule has 0 fully saturated rings. The molecule has 1 aromatic heterocycles. The van der Waals surface area contributed by atoms with E-state index in [2.05, 4.69) is 10.2 Å². The van der Waals surface area contributed by atoms with Crippen LogP contribution in [-0.4, -0.2) is 58.8 Å². The summed E-state index contributed by atoms with van der Waals surface area (Å²) < 4.78 is 1.86. The van der Waals surface area contributed by atoms with Gasteiger partial charge in [0.25, 0.3) is 0 Å². The van der Waals surface area contributed by atoms with Gasteiger partial charge in [0, 0.05) is 4.96 Å². The van der Waals surface area contributed by atoms with Gasteiger partial charge in [0.1, 0.15) is 11.0 Å². The maximum absolute atomic E-state index is 5.59. The van der Waals surface area contributed by atoms with Crippen molar-refractivity contribution >= 4 is 17.1 Å². The molecule has 0 aliphatic rings. The van der Waals surface area contributed by atoms with E-state index in [1.54, 1.807) is 0 Å². The summed E-state index contributed by atoms with van der Waals surface area (Å²) in [5, 5.41) is 8.45. The van der Waals surface area contributed by atoms with E-state index < -0.39 is 0 Å². The summed E-state index contributed by atoms with van der Waals surface area (Å²) in [6.45, 7) is 0. The monoisotopic (exact) mass is 234 g/mol. The van der Waals surface area contributed by atoms with Gasteiger partial charge >= 0.3 is 6.02 Å². The molecule has 0 atom stereocenters. The molecule has 1 aromatic carbocycles. The van der Waals surface area contributed by atoms with Crippen molar-refractivity contribution in [1.29, 1.82) is 0 Å². The quantitative estimate of drug-likeness (QED) is 0.397. The van der Waals surface area contributed by atoms with Crippen molar-refractivity contribution in [3.05, 3.63) is 24.3 Å². The lowest BCUT2D eigenvalue weighted by atomic mass is 10.3. The Morgan fingerprint density at radius 3 is 2.12 bits per heavy atom. The molecule has 2 rings (SSSR count). The average Bonchev–Trinajstić information content (AvgIpc) is 2.67. The smallest absolute Gasteiger partial charge is 0.262 e. The summed E-state index contributed by atoms with van der Waals surface area (Å²) in [6.07, 6.45) is 0. The van der Waals surface area contributed by atoms with Crippen LogP contribution in [0.1, 0.15) is 0 Å². The molecule has 17 heavy (non-hydrogen) atoms. The molecule has 0 saturated heterocycles. The van der Waals surface area contributed by atoms with Gasteiger partial charge in [-0.05, 0) is 12.1 Å². The second kappa shape index (κ2) is 4.40. The van der Waals surface area contributed by atoms with E-state index in [1.807, 2.05) is 61.9 Å². The minimum absolute atomic E-state index is 0.658. The predicted molar refractivity (Wildman–Crippen MR) is 64.9 cm³/mol. The van der Waals surface area contributed by atoms with Gasteiger partial charge in [-0.15, -0.1) is 10.2 Å². The third kappa shape index (κ3) is 2.35. The van der Waals surface area contributed by atoms with Crippen LogP contribution in [0.15, 0.2) is 24.3 Å². The highest BCUT2D eigenvalue weighted by Crippen LogP contribution is 2.06. The minimum atomic E-state index is 0.658. The Kier molecular flexibility index (Phi) is 2.95. The third-order valence-corrected chi connectivity index (χ3v) is 2.20. The first-order valence-corrected chi connectivity index (χ1v) is 5.30. The molecule has 1 heterocycles. The normalized spacial score (nSPS) is 10.4. The summed E-state index contributed by atoms with van der Waals surface area (Å²) in [7, 11) is 7.61. The van der Waals surface area contributed by atoms with E-state index in [4.69, 9.17) is 4.84 Å². The van der Waals surface area contributed by atoms with Gasteiger partial charge in [-0.1, -0.05) is 12.1 Å². The van der Waals surface area contributed by atoms with E-state index in [0.29, 0.717) is 6.02 Å². The van der Waals surface area contributed by atoms with Crippen LogP contribution in [0.2, 0.25) is 0 Å². The first-order chi connectivity index (χ1) is 8.08. The Morgan fingerprint density at radius 1 is 1.18 bits per heavy atom. The molecule has 0 N–H and O–H groups in total. The van der Waals surface area contributed by atoms with Gasteiger partial charge in [-0.25, -0.2) is 9.48 Å². The summed E-state index contributed by atoms with van der Waals surface area (Å²) in [5.41, 5.74) is 1.62. The molecule has 0 unspecified atom stereocenters. The van der Waals surface area contributed by atoms with E-state index in [0.717, 1.165) is 11.0 Å². The number of fused-ring (bicyclic) bond motifs is 1. The van der Waals surface area contributed by atoms with E-state index in [1.165, 1.54) is 4.96 Å². The van der Waals surface area contributed by atoms with Gasteiger partial charge in [0.15, 0.2) is 0 Å². The fraction of sp³-hybridized carbons (Fsp3) is 0.364. The van der Waals surface area contributed by atoms with Crippen molar-refractivity contribution in [2.75, 3.05) is 28.2 Å². The van der Waals surface area contributed by atoms with Gasteiger partial charge in [0.2, 0.25) is 0 Å². The molecular formula is C11H16N5O+. The van der Waals surface area contributed by atoms with E-state index >= 15 is 0 Å². The molecule has 0 bridgehead atoms. The topological polar surface area (TPSA) is 46.2 Å². The molecule has 0 aliphatic carbocycles. The molecule has 0 radical (unpaired) electrons. The van der Waals surface area contributed by atoms with Gasteiger partial charge in [-0.2, -0.15) is 0 Å². The highest BCUT2D eigenvalue weighted by atomic mass is 16.7. The second-order valence-electron chi connectivity index (χ2n) is 4.10. The Labute approximate surface area is 99.7 Å². The van der Waals surface area contributed by atoms with Crippen molar-refractivity contribution in [3.8, 4) is 0 Å². The van der Waals surface area contributed by atoms with Gasteiger partial charge < -0.3 is 0 Å². The number of amidine groups is 1. The number of hydrogen-bond acceptors (Lipinski definition) is 3. The number of benzene rings is 1. The fourth-order valence-electron chi connectivity index (χ4n) is 1.52. The van der Waals surface area contributed by atoms with Crippen LogP contribution < -0.4 is 4.84 Å². The van der Waals surface area contributed by atoms with Crippen LogP contribution in [-0.2, 0) is 0 Å². The molecule has 6 nitrogen and oxygen atoms in total. The zero-order chi connectivity index (χ0) is 12.4. The van der Waals surface area contributed by atoms with Crippen molar-refractivity contribution in [3.63, 3.8) is 0 Å². The number of hydrogen-bond donors (Lipinski definition) is 0. The van der Waals surface area contributed by atoms with Crippen molar-refractivity contribution in [2.45, 2.75) is 0 Å². The van der Waals surface area contributed by atoms with Crippen molar-refractivity contribution in [2.24, 2.45) is 0 Å². The SMILES string of the molecule is CN(C)C(On1nc2ccccc2n1)=[N+](C)C. The van der Waals surface area contributed by atoms with Gasteiger partial charge in [-0.3, -0.25) is 4.84 Å². The maximum Gasteiger partial charge on any atom is 0.473 e. The molecule has 6 heteroatoms. The third-order valence-electron chi connectivity index (χ3n) is 2.20. The second-order valence-corrected chi connectivity index (χ2v) is 4.10. The maximum atomic E-state index is 5.59. The van der Waals surface area contributed by atoms with Gasteiger partial charge in [0.05, 0.1) is 28.2 Å². The molecule has 90 valence electrons. The van der Waals surface area contributed by atoms with Crippen molar-refractivity contribution in [1.82, 2.24) is 20.1 Å². The molecule has 0 amide bonds. The van der Waals surface area contributed by atoms with Crippen LogP contribution in [0.25, 0.3) is 11.0 Å². The Bertz CT molecular complexity index is 521. The Morgan fingerprint density at radius 2 is 1.71 bits per heavy atom. The summed E-state index contributed by atoms with van der Waals surface area (Å²) >= 11 is 0. The number of rotatable bonds is 1. The largest absolute Gasteiger partial charge is 0.473 e. The van der Waals surface area contributed by atoms with Crippen LogP contribution in [0, 0.1) is 0 Å². The van der Waals surface area contributed by atoms with Crippen LogP contribution in [0.5, 0.6) is 0 Å². The zero-order valence-electron chi connectivity index (χ0n) is 10.5. The number of nitrogens with zero attached hydrogens (tertiary/aromatic N) is 5. The van der Waals surface area contributed by atoms with E-state index in [9.17, 15) is 0 Å². The summed E-state index contributed by atoms with van der Waals surface area (Å²) in [4.78, 5) is 8.68. The lowest BCUT2D eigenvalue weighted by molar-refractivity contribution is -0.481. The zero-order valence-corrected chi connectivity index (χ0v) is 10.5. The highest BCUT2D eigenvalue weighted by Gasteiger charge is 2.16. The average molecular weight is 234 g/mol. The van der Waals surface area contributed by atoms with Crippen LogP contribution in [0.4, 0.5) is 0 Å². The van der Waals surface area contributed by atoms with Crippen LogP contribution >= 0.6 is 0 Å². The molecule has 2 aromatic rings. The lowest BCUT2D eigenvalue weighted by Crippen LogP contribution is -2.39. The summed E-state index contributed by atoms with van der Waals surface area (Å²) in [5.74, 6) is 0. The Balaban J connectivity index is 2.32. The standard InChI is InChI=1S/C11H16N5O/c1-14(2)11(15(3)4)17-16-12-9-7-5-6-8-10(9)13-16/h5-8H,1-4H3/q+1. The Hall–Kier alpha value is -2.11. The molecule has 0 saturated carbocycles. The first kappa shape index (κ1) is 11.4. The van der Waals surface area contributed by atoms with Crippen molar-refractivity contribution < 1.29 is 9.41 Å². The lowest BCUT2D eigenvalue weighted by Gasteiger charge is -2.08. The molecule has 0 spiro atoms. The first-order valence-electron chi connectivity index (χ1n) is 5.30.